The van der Waals surface area contributed by atoms with E-state index in [9.17, 15) is 14.4 Å². The number of rotatable bonds is 5. The average Bonchev–Trinajstić information content (AvgIpc) is 2.72. The van der Waals surface area contributed by atoms with Crippen LogP contribution in [0.5, 0.6) is 0 Å². The molecular weight excluding hydrogens is 228 g/mol. The number of amides is 2. The van der Waals surface area contributed by atoms with Gasteiger partial charge >= 0.3 is 12.1 Å². The van der Waals surface area contributed by atoms with Crippen molar-refractivity contribution in [2.45, 2.75) is 19.3 Å². The molecule has 7 nitrogen and oxygen atoms in total. The zero-order valence-corrected chi connectivity index (χ0v) is 9.35. The van der Waals surface area contributed by atoms with Crippen molar-refractivity contribution in [2.75, 3.05) is 13.2 Å². The maximum Gasteiger partial charge on any atom is 0.404 e. The van der Waals surface area contributed by atoms with E-state index in [2.05, 4.69) is 10.1 Å². The number of carboxylic acids is 1. The van der Waals surface area contributed by atoms with Crippen molar-refractivity contribution < 1.29 is 24.2 Å². The summed E-state index contributed by atoms with van der Waals surface area (Å²) in [7, 11) is 0. The first kappa shape index (κ1) is 13.3. The van der Waals surface area contributed by atoms with Crippen LogP contribution in [-0.4, -0.2) is 36.2 Å². The lowest BCUT2D eigenvalue weighted by Crippen LogP contribution is -2.37. The summed E-state index contributed by atoms with van der Waals surface area (Å²) >= 11 is 0. The van der Waals surface area contributed by atoms with Crippen molar-refractivity contribution in [1.29, 1.82) is 0 Å². The number of carboxylic acid groups (broad SMARTS) is 1. The van der Waals surface area contributed by atoms with Gasteiger partial charge in [-0.25, -0.2) is 4.79 Å². The summed E-state index contributed by atoms with van der Waals surface area (Å²) in [4.78, 5) is 32.8. The van der Waals surface area contributed by atoms with E-state index in [0.717, 1.165) is 6.42 Å². The largest absolute Gasteiger partial charge is 0.481 e. The van der Waals surface area contributed by atoms with Gasteiger partial charge in [-0.3, -0.25) is 9.59 Å². The van der Waals surface area contributed by atoms with Gasteiger partial charge in [-0.1, -0.05) is 6.42 Å². The van der Waals surface area contributed by atoms with Crippen LogP contribution in [0, 0.1) is 11.8 Å². The van der Waals surface area contributed by atoms with E-state index in [-0.39, 0.29) is 19.1 Å². The number of hydrogen-bond acceptors (Lipinski definition) is 4. The smallest absolute Gasteiger partial charge is 0.404 e. The average molecular weight is 244 g/mol. The summed E-state index contributed by atoms with van der Waals surface area (Å²) in [5.74, 6) is -2.33. The second-order valence-corrected chi connectivity index (χ2v) is 3.94. The van der Waals surface area contributed by atoms with Gasteiger partial charge in [0.25, 0.3) is 0 Å². The van der Waals surface area contributed by atoms with Gasteiger partial charge < -0.3 is 20.9 Å². The number of ether oxygens (including phenoxy) is 1. The number of nitrogens with two attached hydrogens (primary N) is 1. The number of aliphatic carboxylic acids is 1. The molecule has 0 aromatic heterocycles. The van der Waals surface area contributed by atoms with E-state index in [4.69, 9.17) is 10.8 Å². The number of carbonyl (C=O) groups excluding carboxylic acids is 2. The molecule has 7 heteroatoms. The minimum atomic E-state index is -0.934. The molecule has 2 amide bonds. The van der Waals surface area contributed by atoms with E-state index >= 15 is 0 Å². The summed E-state index contributed by atoms with van der Waals surface area (Å²) in [6.07, 6.45) is 0.959. The van der Waals surface area contributed by atoms with Gasteiger partial charge in [-0.05, 0) is 12.8 Å². The molecule has 96 valence electrons. The van der Waals surface area contributed by atoms with Gasteiger partial charge in [0.2, 0.25) is 5.91 Å². The molecule has 1 rings (SSSR count). The lowest BCUT2D eigenvalue weighted by Gasteiger charge is -2.15. The quantitative estimate of drug-likeness (QED) is 0.573. The Morgan fingerprint density at radius 1 is 1.29 bits per heavy atom. The normalized spacial score (nSPS) is 23.1. The molecule has 0 aromatic carbocycles. The lowest BCUT2D eigenvalue weighted by molar-refractivity contribution is -0.146. The minimum Gasteiger partial charge on any atom is -0.481 e. The molecule has 1 aliphatic rings. The SMILES string of the molecule is NC(=O)OCCNC(=O)[C@@H]1CCC[C@@H]1C(=O)O. The summed E-state index contributed by atoms with van der Waals surface area (Å²) < 4.78 is 4.44. The number of nitrogens with one attached hydrogen (secondary N) is 1. The fourth-order valence-electron chi connectivity index (χ4n) is 2.03. The molecule has 0 aromatic rings. The highest BCUT2D eigenvalue weighted by Gasteiger charge is 2.37. The first-order chi connectivity index (χ1) is 8.02. The van der Waals surface area contributed by atoms with Gasteiger partial charge in [-0.15, -0.1) is 0 Å². The van der Waals surface area contributed by atoms with Crippen LogP contribution in [0.25, 0.3) is 0 Å². The van der Waals surface area contributed by atoms with Crippen LogP contribution in [0.1, 0.15) is 19.3 Å². The van der Waals surface area contributed by atoms with Gasteiger partial charge in [0.05, 0.1) is 18.4 Å². The van der Waals surface area contributed by atoms with Crippen LogP contribution >= 0.6 is 0 Å². The van der Waals surface area contributed by atoms with Crippen molar-refractivity contribution in [3.8, 4) is 0 Å². The Balaban J connectivity index is 2.32. The maximum absolute atomic E-state index is 11.7. The van der Waals surface area contributed by atoms with E-state index in [1.165, 1.54) is 0 Å². The number of hydrogen-bond donors (Lipinski definition) is 3. The fourth-order valence-corrected chi connectivity index (χ4v) is 2.03. The molecule has 1 aliphatic carbocycles. The molecular formula is C10H16N2O5. The van der Waals surface area contributed by atoms with Crippen molar-refractivity contribution in [2.24, 2.45) is 17.6 Å². The van der Waals surface area contributed by atoms with Crippen LogP contribution in [0.4, 0.5) is 4.79 Å². The maximum atomic E-state index is 11.7. The summed E-state index contributed by atoms with van der Waals surface area (Å²) in [6, 6.07) is 0. The predicted molar refractivity (Wildman–Crippen MR) is 57.0 cm³/mol. The van der Waals surface area contributed by atoms with Crippen LogP contribution in [0.3, 0.4) is 0 Å². The minimum absolute atomic E-state index is 0.00840. The number of carbonyl (C=O) groups is 3. The summed E-state index contributed by atoms with van der Waals surface area (Å²) in [5.41, 5.74) is 4.74. The third-order valence-electron chi connectivity index (χ3n) is 2.82. The molecule has 0 heterocycles. The highest BCUT2D eigenvalue weighted by atomic mass is 16.5. The van der Waals surface area contributed by atoms with Crippen LogP contribution < -0.4 is 11.1 Å². The Labute approximate surface area is 98.3 Å². The Kier molecular flexibility index (Phi) is 4.74. The molecule has 0 aliphatic heterocycles. The van der Waals surface area contributed by atoms with Crippen molar-refractivity contribution in [1.82, 2.24) is 5.32 Å². The first-order valence-corrected chi connectivity index (χ1v) is 5.45. The molecule has 0 unspecified atom stereocenters. The third-order valence-corrected chi connectivity index (χ3v) is 2.82. The Hall–Kier alpha value is -1.79. The van der Waals surface area contributed by atoms with E-state index in [1.807, 2.05) is 0 Å². The molecule has 1 fully saturated rings. The molecule has 0 bridgehead atoms. The van der Waals surface area contributed by atoms with Crippen LogP contribution in [0.15, 0.2) is 0 Å². The first-order valence-electron chi connectivity index (χ1n) is 5.45. The molecule has 0 radical (unpaired) electrons. The van der Waals surface area contributed by atoms with Gasteiger partial charge in [-0.2, -0.15) is 0 Å². The molecule has 1 saturated carbocycles. The topological polar surface area (TPSA) is 119 Å². The van der Waals surface area contributed by atoms with Crippen molar-refractivity contribution in [3.05, 3.63) is 0 Å². The molecule has 0 saturated heterocycles. The highest BCUT2D eigenvalue weighted by Crippen LogP contribution is 2.31. The van der Waals surface area contributed by atoms with E-state index in [0.29, 0.717) is 12.8 Å². The zero-order valence-electron chi connectivity index (χ0n) is 9.35. The van der Waals surface area contributed by atoms with Crippen molar-refractivity contribution in [3.63, 3.8) is 0 Å². The Bertz CT molecular complexity index is 318. The lowest BCUT2D eigenvalue weighted by atomic mass is 9.95. The van der Waals surface area contributed by atoms with E-state index in [1.54, 1.807) is 0 Å². The monoisotopic (exact) mass is 244 g/mol. The molecule has 2 atom stereocenters. The second-order valence-electron chi connectivity index (χ2n) is 3.94. The second kappa shape index (κ2) is 6.07. The van der Waals surface area contributed by atoms with Crippen LogP contribution in [-0.2, 0) is 14.3 Å². The summed E-state index contributed by atoms with van der Waals surface area (Å²) in [5, 5.41) is 11.4. The zero-order chi connectivity index (χ0) is 12.8. The highest BCUT2D eigenvalue weighted by molar-refractivity contribution is 5.85. The molecule has 0 spiro atoms. The predicted octanol–water partition coefficient (Wildman–Crippen LogP) is -0.301. The van der Waals surface area contributed by atoms with Crippen LogP contribution in [0.2, 0.25) is 0 Å². The van der Waals surface area contributed by atoms with Gasteiger partial charge in [0.15, 0.2) is 0 Å². The van der Waals surface area contributed by atoms with Gasteiger partial charge in [0, 0.05) is 0 Å². The Morgan fingerprint density at radius 3 is 2.53 bits per heavy atom. The molecule has 4 N–H and O–H groups in total. The van der Waals surface area contributed by atoms with Gasteiger partial charge in [0.1, 0.15) is 6.61 Å². The number of primary amides is 1. The standard InChI is InChI=1S/C10H16N2O5/c11-10(16)17-5-4-12-8(13)6-2-1-3-7(6)9(14)15/h6-7H,1-5H2,(H2,11,16)(H,12,13)(H,14,15)/t6-,7+/m1/s1. The summed E-state index contributed by atoms with van der Waals surface area (Å²) in [6.45, 7) is 0.135. The van der Waals surface area contributed by atoms with Crippen molar-refractivity contribution >= 4 is 18.0 Å². The Morgan fingerprint density at radius 2 is 1.94 bits per heavy atom. The third kappa shape index (κ3) is 3.93. The molecule has 17 heavy (non-hydrogen) atoms. The fraction of sp³-hybridized carbons (Fsp3) is 0.700. The van der Waals surface area contributed by atoms with E-state index < -0.39 is 23.9 Å².